The van der Waals surface area contributed by atoms with Gasteiger partial charge in [0.2, 0.25) is 0 Å². The number of fused-ring (bicyclic) bond motifs is 1. The van der Waals surface area contributed by atoms with Crippen LogP contribution >= 0.6 is 11.3 Å². The van der Waals surface area contributed by atoms with Crippen molar-refractivity contribution in [2.24, 2.45) is 5.92 Å². The van der Waals surface area contributed by atoms with E-state index in [0.717, 1.165) is 4.88 Å². The van der Waals surface area contributed by atoms with Crippen molar-refractivity contribution in [3.63, 3.8) is 0 Å². The highest BCUT2D eigenvalue weighted by molar-refractivity contribution is 7.15. The van der Waals surface area contributed by atoms with Gasteiger partial charge in [0, 0.05) is 22.7 Å². The quantitative estimate of drug-likeness (QED) is 0.679. The van der Waals surface area contributed by atoms with Gasteiger partial charge in [0.25, 0.3) is 0 Å². The number of anilines is 1. The minimum Gasteiger partial charge on any atom is -0.395 e. The number of para-hydroxylation sites is 1. The Morgan fingerprint density at radius 2 is 2.12 bits per heavy atom. The number of benzene rings is 1. The SMILES string of the molecule is CC(C)CC(CO)NC(c1cnc(N)s1)c1cccc2c1OC(F)(F)O2. The second kappa shape index (κ2) is 7.34. The number of rotatable bonds is 7. The van der Waals surface area contributed by atoms with Gasteiger partial charge in [-0.2, -0.15) is 0 Å². The van der Waals surface area contributed by atoms with Gasteiger partial charge in [-0.25, -0.2) is 4.98 Å². The Morgan fingerprint density at radius 1 is 1.35 bits per heavy atom. The van der Waals surface area contributed by atoms with Crippen molar-refractivity contribution in [1.29, 1.82) is 0 Å². The van der Waals surface area contributed by atoms with Crippen LogP contribution in [0.1, 0.15) is 36.8 Å². The molecule has 0 saturated heterocycles. The third-order valence-corrected chi connectivity index (χ3v) is 4.87. The Morgan fingerprint density at radius 3 is 2.73 bits per heavy atom. The number of aliphatic hydroxyl groups is 1. The van der Waals surface area contributed by atoms with Gasteiger partial charge in [-0.1, -0.05) is 26.0 Å². The number of nitrogens with two attached hydrogens (primary N) is 1. The molecule has 0 spiro atoms. The molecular formula is C17H21F2N3O3S. The lowest BCUT2D eigenvalue weighted by molar-refractivity contribution is -0.287. The Balaban J connectivity index is 1.99. The molecule has 1 aromatic heterocycles. The third-order valence-electron chi connectivity index (χ3n) is 3.97. The fraction of sp³-hybridized carbons (Fsp3) is 0.471. The lowest BCUT2D eigenvalue weighted by Gasteiger charge is -2.26. The Kier molecular flexibility index (Phi) is 5.31. The maximum absolute atomic E-state index is 13.6. The lowest BCUT2D eigenvalue weighted by atomic mass is 9.99. The first kappa shape index (κ1) is 18.8. The number of halogens is 2. The molecule has 2 unspecified atom stereocenters. The van der Waals surface area contributed by atoms with E-state index in [1.807, 2.05) is 13.8 Å². The van der Waals surface area contributed by atoms with Crippen molar-refractivity contribution < 1.29 is 23.4 Å². The van der Waals surface area contributed by atoms with Gasteiger partial charge in [0.15, 0.2) is 16.6 Å². The molecule has 9 heteroatoms. The summed E-state index contributed by atoms with van der Waals surface area (Å²) < 4.78 is 36.4. The molecule has 0 saturated carbocycles. The molecule has 26 heavy (non-hydrogen) atoms. The van der Waals surface area contributed by atoms with Crippen molar-refractivity contribution in [3.8, 4) is 11.5 Å². The second-order valence-electron chi connectivity index (χ2n) is 6.55. The van der Waals surface area contributed by atoms with Gasteiger partial charge >= 0.3 is 6.29 Å². The highest BCUT2D eigenvalue weighted by atomic mass is 32.1. The maximum atomic E-state index is 13.6. The van der Waals surface area contributed by atoms with E-state index in [1.165, 1.54) is 17.4 Å². The van der Waals surface area contributed by atoms with Crippen LogP contribution in [-0.4, -0.2) is 29.0 Å². The number of nitrogen functional groups attached to an aromatic ring is 1. The molecular weight excluding hydrogens is 364 g/mol. The molecule has 1 aliphatic heterocycles. The van der Waals surface area contributed by atoms with Gasteiger partial charge in [-0.15, -0.1) is 20.1 Å². The van der Waals surface area contributed by atoms with E-state index in [2.05, 4.69) is 15.0 Å². The van der Waals surface area contributed by atoms with Crippen molar-refractivity contribution in [2.45, 2.75) is 38.6 Å². The average molecular weight is 385 g/mol. The van der Waals surface area contributed by atoms with Crippen LogP contribution < -0.4 is 20.5 Å². The Bertz CT molecular complexity index is 769. The summed E-state index contributed by atoms with van der Waals surface area (Å²) in [4.78, 5) is 4.79. The maximum Gasteiger partial charge on any atom is 0.586 e. The van der Waals surface area contributed by atoms with E-state index in [1.54, 1.807) is 18.3 Å². The highest BCUT2D eigenvalue weighted by Crippen LogP contribution is 2.46. The molecule has 2 aromatic rings. The van der Waals surface area contributed by atoms with Crippen LogP contribution in [0, 0.1) is 5.92 Å². The van der Waals surface area contributed by atoms with E-state index in [4.69, 9.17) is 10.5 Å². The van der Waals surface area contributed by atoms with Gasteiger partial charge in [-0.05, 0) is 18.4 Å². The molecule has 1 aromatic carbocycles. The number of aromatic nitrogens is 1. The number of hydrogen-bond donors (Lipinski definition) is 3. The minimum absolute atomic E-state index is 0.0248. The monoisotopic (exact) mass is 385 g/mol. The standard InChI is InChI=1S/C17H21F2N3O3S/c1-9(2)6-10(8-23)22-14(13-7-21-16(20)26-13)11-4-3-5-12-15(11)25-17(18,19)24-12/h3-5,7,9-10,14,22-23H,6,8H2,1-2H3,(H2,20,21). The summed E-state index contributed by atoms with van der Waals surface area (Å²) in [5.41, 5.74) is 6.23. The number of aliphatic hydroxyl groups excluding tert-OH is 1. The molecule has 6 nitrogen and oxygen atoms in total. The Labute approximate surface area is 154 Å². The number of hydrogen-bond acceptors (Lipinski definition) is 7. The molecule has 0 aliphatic carbocycles. The van der Waals surface area contributed by atoms with E-state index >= 15 is 0 Å². The zero-order valence-corrected chi connectivity index (χ0v) is 15.2. The summed E-state index contributed by atoms with van der Waals surface area (Å²) in [6.07, 6.45) is -1.40. The van der Waals surface area contributed by atoms with Gasteiger partial charge in [0.05, 0.1) is 12.6 Å². The van der Waals surface area contributed by atoms with Gasteiger partial charge in [0.1, 0.15) is 0 Å². The van der Waals surface area contributed by atoms with Crippen LogP contribution in [0.3, 0.4) is 0 Å². The molecule has 0 radical (unpaired) electrons. The molecule has 0 fully saturated rings. The van der Waals surface area contributed by atoms with E-state index in [0.29, 0.717) is 23.0 Å². The first-order chi connectivity index (χ1) is 12.3. The normalized spacial score (nSPS) is 17.5. The predicted octanol–water partition coefficient (Wildman–Crippen LogP) is 3.13. The summed E-state index contributed by atoms with van der Waals surface area (Å²) in [6.45, 7) is 4.00. The number of nitrogens with one attached hydrogen (secondary N) is 1. The molecule has 1 aliphatic rings. The van der Waals surface area contributed by atoms with Gasteiger partial charge < -0.3 is 25.6 Å². The van der Waals surface area contributed by atoms with Crippen LogP contribution in [0.4, 0.5) is 13.9 Å². The molecule has 0 bridgehead atoms. The zero-order valence-electron chi connectivity index (χ0n) is 14.4. The summed E-state index contributed by atoms with van der Waals surface area (Å²) in [5, 5.41) is 13.4. The van der Waals surface area contributed by atoms with Crippen molar-refractivity contribution in [2.75, 3.05) is 12.3 Å². The fourth-order valence-electron chi connectivity index (χ4n) is 2.98. The number of nitrogens with zero attached hydrogens (tertiary/aromatic N) is 1. The average Bonchev–Trinajstić information content (AvgIpc) is 3.12. The summed E-state index contributed by atoms with van der Waals surface area (Å²) >= 11 is 1.25. The van der Waals surface area contributed by atoms with Crippen LogP contribution in [-0.2, 0) is 0 Å². The third kappa shape index (κ3) is 4.05. The van der Waals surface area contributed by atoms with Crippen LogP contribution in [0.15, 0.2) is 24.4 Å². The molecule has 3 rings (SSSR count). The first-order valence-corrected chi connectivity index (χ1v) is 9.07. The molecule has 2 atom stereocenters. The van der Waals surface area contributed by atoms with E-state index < -0.39 is 12.3 Å². The zero-order chi connectivity index (χ0) is 18.9. The minimum atomic E-state index is -3.70. The van der Waals surface area contributed by atoms with Gasteiger partial charge in [-0.3, -0.25) is 0 Å². The molecule has 0 amide bonds. The Hall–Kier alpha value is -1.97. The number of thiazole rings is 1. The lowest BCUT2D eigenvalue weighted by Crippen LogP contribution is -2.37. The highest BCUT2D eigenvalue weighted by Gasteiger charge is 2.45. The topological polar surface area (TPSA) is 89.6 Å². The van der Waals surface area contributed by atoms with E-state index in [9.17, 15) is 13.9 Å². The van der Waals surface area contributed by atoms with Crippen molar-refractivity contribution >= 4 is 16.5 Å². The summed E-state index contributed by atoms with van der Waals surface area (Å²) in [5.74, 6) is 0.293. The largest absolute Gasteiger partial charge is 0.586 e. The number of ether oxygens (including phenoxy) is 2. The van der Waals surface area contributed by atoms with Crippen molar-refractivity contribution in [1.82, 2.24) is 10.3 Å². The van der Waals surface area contributed by atoms with Crippen molar-refractivity contribution in [3.05, 3.63) is 34.8 Å². The summed E-state index contributed by atoms with van der Waals surface area (Å²) in [7, 11) is 0. The predicted molar refractivity (Wildman–Crippen MR) is 94.5 cm³/mol. The molecule has 142 valence electrons. The molecule has 4 N–H and O–H groups in total. The fourth-order valence-corrected chi connectivity index (χ4v) is 3.74. The number of alkyl halides is 2. The second-order valence-corrected chi connectivity index (χ2v) is 7.65. The van der Waals surface area contributed by atoms with Crippen LogP contribution in [0.5, 0.6) is 11.5 Å². The van der Waals surface area contributed by atoms with Crippen LogP contribution in [0.2, 0.25) is 0 Å². The molecule has 2 heterocycles. The van der Waals surface area contributed by atoms with E-state index in [-0.39, 0.29) is 24.1 Å². The first-order valence-electron chi connectivity index (χ1n) is 8.26. The van der Waals surface area contributed by atoms with Crippen LogP contribution in [0.25, 0.3) is 0 Å². The smallest absolute Gasteiger partial charge is 0.395 e. The summed E-state index contributed by atoms with van der Waals surface area (Å²) in [6, 6.07) is 3.97.